The van der Waals surface area contributed by atoms with Crippen LogP contribution in [0.25, 0.3) is 0 Å². The topological polar surface area (TPSA) is 86.0 Å². The molecule has 5 nitrogen and oxygen atoms in total. The second-order valence-electron chi connectivity index (χ2n) is 4.19. The van der Waals surface area contributed by atoms with Gasteiger partial charge in [-0.25, -0.2) is 4.39 Å². The van der Waals surface area contributed by atoms with Gasteiger partial charge in [-0.1, -0.05) is 36.4 Å². The Labute approximate surface area is 121 Å². The zero-order chi connectivity index (χ0) is 15.1. The molecule has 6 heteroatoms. The molecule has 0 saturated heterocycles. The number of nitrogens with zero attached hydrogens (tertiary/aromatic N) is 2. The number of para-hydroxylation sites is 1. The van der Waals surface area contributed by atoms with Gasteiger partial charge in [0.05, 0.1) is 6.21 Å². The largest absolute Gasteiger partial charge is 0.486 e. The molecular formula is C15H15FN4O. The Kier molecular flexibility index (Phi) is 4.87. The van der Waals surface area contributed by atoms with Gasteiger partial charge in [-0.05, 0) is 17.7 Å². The van der Waals surface area contributed by atoms with Gasteiger partial charge in [0.2, 0.25) is 5.96 Å². The lowest BCUT2D eigenvalue weighted by Crippen LogP contribution is -2.21. The Bertz CT molecular complexity index is 666. The van der Waals surface area contributed by atoms with Crippen molar-refractivity contribution in [1.29, 1.82) is 0 Å². The van der Waals surface area contributed by atoms with Crippen LogP contribution in [0.5, 0.6) is 5.75 Å². The summed E-state index contributed by atoms with van der Waals surface area (Å²) in [5.41, 5.74) is 12.0. The van der Waals surface area contributed by atoms with E-state index in [2.05, 4.69) is 10.2 Å². The van der Waals surface area contributed by atoms with E-state index >= 15 is 0 Å². The molecule has 0 unspecified atom stereocenters. The third-order valence-electron chi connectivity index (χ3n) is 2.64. The highest BCUT2D eigenvalue weighted by Crippen LogP contribution is 2.18. The smallest absolute Gasteiger partial charge is 0.211 e. The van der Waals surface area contributed by atoms with Crippen molar-refractivity contribution in [2.24, 2.45) is 21.7 Å². The van der Waals surface area contributed by atoms with E-state index in [0.29, 0.717) is 0 Å². The molecule has 0 aliphatic heterocycles. The van der Waals surface area contributed by atoms with Crippen molar-refractivity contribution in [2.75, 3.05) is 0 Å². The lowest BCUT2D eigenvalue weighted by molar-refractivity contribution is 0.290. The number of guanidine groups is 1. The molecule has 0 fully saturated rings. The lowest BCUT2D eigenvalue weighted by Gasteiger charge is -2.09. The quantitative estimate of drug-likeness (QED) is 0.501. The van der Waals surface area contributed by atoms with Crippen LogP contribution in [0, 0.1) is 5.82 Å². The summed E-state index contributed by atoms with van der Waals surface area (Å²) in [5.74, 6) is -0.316. The molecule has 0 spiro atoms. The molecule has 108 valence electrons. The van der Waals surface area contributed by atoms with Gasteiger partial charge >= 0.3 is 0 Å². The van der Waals surface area contributed by atoms with E-state index < -0.39 is 5.82 Å². The van der Waals surface area contributed by atoms with E-state index in [1.165, 1.54) is 12.3 Å². The number of rotatable bonds is 5. The van der Waals surface area contributed by atoms with E-state index in [4.69, 9.17) is 16.2 Å². The first-order chi connectivity index (χ1) is 10.2. The summed E-state index contributed by atoms with van der Waals surface area (Å²) in [6, 6.07) is 13.7. The van der Waals surface area contributed by atoms with Gasteiger partial charge in [0, 0.05) is 5.56 Å². The maximum atomic E-state index is 13.5. The van der Waals surface area contributed by atoms with Crippen molar-refractivity contribution < 1.29 is 9.13 Å². The third kappa shape index (κ3) is 4.31. The van der Waals surface area contributed by atoms with Crippen LogP contribution in [0.2, 0.25) is 0 Å². The molecule has 2 rings (SSSR count). The predicted molar refractivity (Wildman–Crippen MR) is 80.6 cm³/mol. The normalized spacial score (nSPS) is 10.5. The molecule has 2 aromatic rings. The molecule has 0 amide bonds. The van der Waals surface area contributed by atoms with Crippen molar-refractivity contribution in [3.63, 3.8) is 0 Å². The minimum Gasteiger partial charge on any atom is -0.486 e. The minimum absolute atomic E-state index is 0.119. The first-order valence-electron chi connectivity index (χ1n) is 6.24. The fourth-order valence-corrected chi connectivity index (χ4v) is 1.67. The Morgan fingerprint density at radius 2 is 1.81 bits per heavy atom. The molecule has 0 aliphatic rings. The average molecular weight is 286 g/mol. The first-order valence-corrected chi connectivity index (χ1v) is 6.24. The monoisotopic (exact) mass is 286 g/mol. The van der Waals surface area contributed by atoms with Crippen molar-refractivity contribution in [1.82, 2.24) is 0 Å². The molecule has 0 atom stereocenters. The van der Waals surface area contributed by atoms with Crippen LogP contribution < -0.4 is 16.2 Å². The van der Waals surface area contributed by atoms with Crippen molar-refractivity contribution in [3.8, 4) is 5.75 Å². The summed E-state index contributed by atoms with van der Waals surface area (Å²) in [6.07, 6.45) is 1.51. The molecule has 0 aliphatic carbocycles. The number of nitrogens with two attached hydrogens (primary N) is 2. The predicted octanol–water partition coefficient (Wildman–Crippen LogP) is 2.01. The molecule has 2 aromatic carbocycles. The maximum Gasteiger partial charge on any atom is 0.211 e. The molecule has 21 heavy (non-hydrogen) atoms. The molecule has 0 bridgehead atoms. The van der Waals surface area contributed by atoms with E-state index in [-0.39, 0.29) is 18.3 Å². The maximum absolute atomic E-state index is 13.5. The molecule has 0 heterocycles. The number of halogens is 1. The van der Waals surface area contributed by atoms with Crippen LogP contribution >= 0.6 is 0 Å². The van der Waals surface area contributed by atoms with Crippen LogP contribution in [-0.2, 0) is 6.61 Å². The van der Waals surface area contributed by atoms with Crippen LogP contribution in [0.4, 0.5) is 4.39 Å². The summed E-state index contributed by atoms with van der Waals surface area (Å²) in [4.78, 5) is 0. The Hall–Kier alpha value is -2.89. The summed E-state index contributed by atoms with van der Waals surface area (Å²) < 4.78 is 19.0. The molecular weight excluding hydrogens is 271 g/mol. The fraction of sp³-hybridized carbons (Fsp3) is 0.0667. The van der Waals surface area contributed by atoms with Crippen LogP contribution in [0.15, 0.2) is 58.7 Å². The van der Waals surface area contributed by atoms with Gasteiger partial charge in [0.1, 0.15) is 6.61 Å². The zero-order valence-corrected chi connectivity index (χ0v) is 11.2. The SMILES string of the molecule is NC(N)=NN=Cc1ccccc1COc1ccccc1F. The van der Waals surface area contributed by atoms with E-state index in [1.54, 1.807) is 18.2 Å². The molecule has 4 N–H and O–H groups in total. The van der Waals surface area contributed by atoms with Crippen LogP contribution in [0.1, 0.15) is 11.1 Å². The highest BCUT2D eigenvalue weighted by atomic mass is 19.1. The molecule has 0 aromatic heterocycles. The summed E-state index contributed by atoms with van der Waals surface area (Å²) in [6.45, 7) is 0.213. The van der Waals surface area contributed by atoms with Gasteiger partial charge in [-0.2, -0.15) is 5.10 Å². The van der Waals surface area contributed by atoms with Crippen LogP contribution in [0.3, 0.4) is 0 Å². The molecule has 0 radical (unpaired) electrons. The molecule has 0 saturated carbocycles. The average Bonchev–Trinajstić information content (AvgIpc) is 2.47. The first kappa shape index (κ1) is 14.5. The number of hydrogen-bond acceptors (Lipinski definition) is 3. The lowest BCUT2D eigenvalue weighted by atomic mass is 10.1. The summed E-state index contributed by atoms with van der Waals surface area (Å²) in [7, 11) is 0. The van der Waals surface area contributed by atoms with E-state index in [1.807, 2.05) is 24.3 Å². The van der Waals surface area contributed by atoms with Gasteiger partial charge in [0.15, 0.2) is 11.6 Å². The highest BCUT2D eigenvalue weighted by Gasteiger charge is 2.04. The van der Waals surface area contributed by atoms with Crippen molar-refractivity contribution in [3.05, 3.63) is 65.5 Å². The zero-order valence-electron chi connectivity index (χ0n) is 11.2. The summed E-state index contributed by atoms with van der Waals surface area (Å²) in [5, 5.41) is 7.29. The number of ether oxygens (including phenoxy) is 1. The van der Waals surface area contributed by atoms with Gasteiger partial charge in [-0.3, -0.25) is 0 Å². The van der Waals surface area contributed by atoms with E-state index in [9.17, 15) is 4.39 Å². The fourth-order valence-electron chi connectivity index (χ4n) is 1.67. The second-order valence-corrected chi connectivity index (χ2v) is 4.19. The Balaban J connectivity index is 2.12. The number of hydrogen-bond donors (Lipinski definition) is 2. The van der Waals surface area contributed by atoms with Gasteiger partial charge in [-0.15, -0.1) is 5.10 Å². The Morgan fingerprint density at radius 1 is 1.10 bits per heavy atom. The Morgan fingerprint density at radius 3 is 2.57 bits per heavy atom. The van der Waals surface area contributed by atoms with Crippen LogP contribution in [-0.4, -0.2) is 12.2 Å². The summed E-state index contributed by atoms with van der Waals surface area (Å²) >= 11 is 0. The third-order valence-corrected chi connectivity index (χ3v) is 2.64. The standard InChI is InChI=1S/C15H15FN4O/c16-13-7-3-4-8-14(13)21-10-12-6-2-1-5-11(12)9-19-20-15(17)18/h1-9H,10H2,(H4,17,18,20). The van der Waals surface area contributed by atoms with Gasteiger partial charge < -0.3 is 16.2 Å². The minimum atomic E-state index is -0.399. The number of benzene rings is 2. The second kappa shape index (κ2) is 7.04. The van der Waals surface area contributed by atoms with Crippen molar-refractivity contribution in [2.45, 2.75) is 6.61 Å². The van der Waals surface area contributed by atoms with Crippen molar-refractivity contribution >= 4 is 12.2 Å². The van der Waals surface area contributed by atoms with Gasteiger partial charge in [0.25, 0.3) is 0 Å². The highest BCUT2D eigenvalue weighted by molar-refractivity contribution is 5.83. The van der Waals surface area contributed by atoms with E-state index in [0.717, 1.165) is 11.1 Å².